The highest BCUT2D eigenvalue weighted by atomic mass is 35.5. The molecule has 0 heterocycles. The van der Waals surface area contributed by atoms with E-state index in [0.717, 1.165) is 19.3 Å². The molecule has 2 atom stereocenters. The van der Waals surface area contributed by atoms with Crippen molar-refractivity contribution in [2.75, 3.05) is 5.73 Å². The Morgan fingerprint density at radius 1 is 1.44 bits per heavy atom. The number of Topliss-reactive ketones (excluding diaryl/α,β-unsaturated/α-hetero) is 1. The number of benzene rings is 1. The maximum absolute atomic E-state index is 12.5. The van der Waals surface area contributed by atoms with Crippen molar-refractivity contribution in [1.82, 2.24) is 0 Å². The normalized spacial score (nSPS) is 23.9. The topological polar surface area (TPSA) is 43.1 Å². The molecule has 1 aromatic carbocycles. The molecule has 98 valence electrons. The van der Waals surface area contributed by atoms with Crippen LogP contribution in [0.25, 0.3) is 0 Å². The first-order chi connectivity index (χ1) is 8.61. The van der Waals surface area contributed by atoms with Crippen molar-refractivity contribution < 1.29 is 4.79 Å². The van der Waals surface area contributed by atoms with Crippen molar-refractivity contribution >= 4 is 23.1 Å². The Morgan fingerprint density at radius 2 is 2.22 bits per heavy atom. The van der Waals surface area contributed by atoms with E-state index in [9.17, 15) is 4.79 Å². The van der Waals surface area contributed by atoms with Gasteiger partial charge in [0.2, 0.25) is 0 Å². The van der Waals surface area contributed by atoms with Gasteiger partial charge in [0.25, 0.3) is 0 Å². The first-order valence-electron chi connectivity index (χ1n) is 6.71. The fraction of sp³-hybridized carbons (Fsp3) is 0.533. The second-order valence-corrected chi connectivity index (χ2v) is 5.67. The summed E-state index contributed by atoms with van der Waals surface area (Å²) in [7, 11) is 0. The summed E-state index contributed by atoms with van der Waals surface area (Å²) in [6.45, 7) is 2.20. The highest BCUT2D eigenvalue weighted by Gasteiger charge is 2.27. The van der Waals surface area contributed by atoms with Crippen LogP contribution in [0.4, 0.5) is 5.69 Å². The summed E-state index contributed by atoms with van der Waals surface area (Å²) in [5.41, 5.74) is 7.04. The van der Waals surface area contributed by atoms with E-state index in [0.29, 0.717) is 22.2 Å². The largest absolute Gasteiger partial charge is 0.398 e. The van der Waals surface area contributed by atoms with Crippen LogP contribution in [-0.4, -0.2) is 5.78 Å². The SMILES string of the molecule is CCC1CCCC(C(=O)c2ccc(Cl)cc2N)C1. The number of ketones is 1. The van der Waals surface area contributed by atoms with E-state index in [4.69, 9.17) is 17.3 Å². The minimum Gasteiger partial charge on any atom is -0.398 e. The van der Waals surface area contributed by atoms with Crippen molar-refractivity contribution in [2.45, 2.75) is 39.0 Å². The maximum atomic E-state index is 12.5. The Labute approximate surface area is 114 Å². The first-order valence-corrected chi connectivity index (χ1v) is 7.08. The molecule has 0 saturated heterocycles. The van der Waals surface area contributed by atoms with Gasteiger partial charge in [0.05, 0.1) is 0 Å². The van der Waals surface area contributed by atoms with Crippen LogP contribution in [0, 0.1) is 11.8 Å². The number of nitrogens with two attached hydrogens (primary N) is 1. The second kappa shape index (κ2) is 5.75. The highest BCUT2D eigenvalue weighted by molar-refractivity contribution is 6.31. The third-order valence-corrected chi connectivity index (χ3v) is 4.25. The summed E-state index contributed by atoms with van der Waals surface area (Å²) in [6.07, 6.45) is 5.59. The molecule has 0 bridgehead atoms. The number of carbonyl (C=O) groups is 1. The van der Waals surface area contributed by atoms with Crippen LogP contribution in [0.5, 0.6) is 0 Å². The van der Waals surface area contributed by atoms with Gasteiger partial charge >= 0.3 is 0 Å². The standard InChI is InChI=1S/C15H20ClNO/c1-2-10-4-3-5-11(8-10)15(18)13-7-6-12(16)9-14(13)17/h6-7,9-11H,2-5,8,17H2,1H3. The van der Waals surface area contributed by atoms with E-state index in [-0.39, 0.29) is 11.7 Å². The highest BCUT2D eigenvalue weighted by Crippen LogP contribution is 2.34. The number of nitrogen functional groups attached to an aromatic ring is 1. The summed E-state index contributed by atoms with van der Waals surface area (Å²) in [6, 6.07) is 5.16. The van der Waals surface area contributed by atoms with E-state index in [1.54, 1.807) is 18.2 Å². The molecular formula is C15H20ClNO. The Balaban J connectivity index is 2.15. The summed E-state index contributed by atoms with van der Waals surface area (Å²) >= 11 is 5.86. The van der Waals surface area contributed by atoms with Gasteiger partial charge in [-0.2, -0.15) is 0 Å². The number of anilines is 1. The zero-order chi connectivity index (χ0) is 13.1. The van der Waals surface area contributed by atoms with Crippen LogP contribution in [0.3, 0.4) is 0 Å². The minimum absolute atomic E-state index is 0.146. The molecular weight excluding hydrogens is 246 g/mol. The molecule has 2 N–H and O–H groups in total. The van der Waals surface area contributed by atoms with Crippen LogP contribution < -0.4 is 5.73 Å². The van der Waals surface area contributed by atoms with Crippen LogP contribution >= 0.6 is 11.6 Å². The van der Waals surface area contributed by atoms with Gasteiger partial charge in [-0.25, -0.2) is 0 Å². The van der Waals surface area contributed by atoms with Crippen molar-refractivity contribution in [1.29, 1.82) is 0 Å². The molecule has 1 fully saturated rings. The van der Waals surface area contributed by atoms with E-state index < -0.39 is 0 Å². The average Bonchev–Trinajstić information content (AvgIpc) is 2.38. The van der Waals surface area contributed by atoms with Crippen molar-refractivity contribution in [3.63, 3.8) is 0 Å². The Bertz CT molecular complexity index is 444. The second-order valence-electron chi connectivity index (χ2n) is 5.23. The van der Waals surface area contributed by atoms with Gasteiger partial charge in [-0.05, 0) is 37.0 Å². The van der Waals surface area contributed by atoms with Gasteiger partial charge in [-0.15, -0.1) is 0 Å². The molecule has 0 amide bonds. The molecule has 18 heavy (non-hydrogen) atoms. The van der Waals surface area contributed by atoms with Crippen molar-refractivity contribution in [2.24, 2.45) is 11.8 Å². The third kappa shape index (κ3) is 2.86. The van der Waals surface area contributed by atoms with E-state index in [1.807, 2.05) is 0 Å². The van der Waals surface area contributed by atoms with Gasteiger partial charge in [0.1, 0.15) is 0 Å². The summed E-state index contributed by atoms with van der Waals surface area (Å²) in [4.78, 5) is 12.5. The average molecular weight is 266 g/mol. The third-order valence-electron chi connectivity index (χ3n) is 4.01. The Morgan fingerprint density at radius 3 is 2.89 bits per heavy atom. The molecule has 1 saturated carbocycles. The predicted molar refractivity (Wildman–Crippen MR) is 75.9 cm³/mol. The van der Waals surface area contributed by atoms with Crippen LogP contribution in [0.15, 0.2) is 18.2 Å². The van der Waals surface area contributed by atoms with Crippen LogP contribution in [-0.2, 0) is 0 Å². The molecule has 2 nitrogen and oxygen atoms in total. The lowest BCUT2D eigenvalue weighted by molar-refractivity contribution is 0.0863. The number of carbonyl (C=O) groups excluding carboxylic acids is 1. The van der Waals surface area contributed by atoms with Crippen molar-refractivity contribution in [3.8, 4) is 0 Å². The first kappa shape index (κ1) is 13.4. The van der Waals surface area contributed by atoms with E-state index in [1.165, 1.54) is 12.8 Å². The maximum Gasteiger partial charge on any atom is 0.168 e. The fourth-order valence-corrected chi connectivity index (χ4v) is 3.06. The molecule has 0 aliphatic heterocycles. The Hall–Kier alpha value is -1.02. The lowest BCUT2D eigenvalue weighted by Crippen LogP contribution is -2.23. The molecule has 0 spiro atoms. The number of rotatable bonds is 3. The number of hydrogen-bond donors (Lipinski definition) is 1. The quantitative estimate of drug-likeness (QED) is 0.653. The van der Waals surface area contributed by atoms with Gasteiger partial charge in [0, 0.05) is 22.2 Å². The van der Waals surface area contributed by atoms with Crippen LogP contribution in [0.2, 0.25) is 5.02 Å². The summed E-state index contributed by atoms with van der Waals surface area (Å²) < 4.78 is 0. The van der Waals surface area contributed by atoms with Crippen molar-refractivity contribution in [3.05, 3.63) is 28.8 Å². The molecule has 1 aromatic rings. The molecule has 2 rings (SSSR count). The Kier molecular flexibility index (Phi) is 4.28. The fourth-order valence-electron chi connectivity index (χ4n) is 2.88. The summed E-state index contributed by atoms with van der Waals surface area (Å²) in [5, 5.41) is 0.583. The number of halogens is 1. The summed E-state index contributed by atoms with van der Waals surface area (Å²) in [5.74, 6) is 1.04. The molecule has 2 unspecified atom stereocenters. The van der Waals surface area contributed by atoms with Crippen LogP contribution in [0.1, 0.15) is 49.4 Å². The zero-order valence-electron chi connectivity index (χ0n) is 10.8. The van der Waals surface area contributed by atoms with E-state index in [2.05, 4.69) is 6.92 Å². The zero-order valence-corrected chi connectivity index (χ0v) is 11.5. The minimum atomic E-state index is 0.146. The lowest BCUT2D eigenvalue weighted by atomic mass is 9.77. The monoisotopic (exact) mass is 265 g/mol. The van der Waals surface area contributed by atoms with Gasteiger partial charge < -0.3 is 5.73 Å². The van der Waals surface area contributed by atoms with Gasteiger partial charge in [-0.3, -0.25) is 4.79 Å². The lowest BCUT2D eigenvalue weighted by Gasteiger charge is -2.27. The molecule has 3 heteroatoms. The molecule has 1 aliphatic carbocycles. The predicted octanol–water partition coefficient (Wildman–Crippen LogP) is 4.32. The number of hydrogen-bond acceptors (Lipinski definition) is 2. The van der Waals surface area contributed by atoms with E-state index >= 15 is 0 Å². The smallest absolute Gasteiger partial charge is 0.168 e. The van der Waals surface area contributed by atoms with Gasteiger partial charge in [0.15, 0.2) is 5.78 Å². The molecule has 0 aromatic heterocycles. The van der Waals surface area contributed by atoms with Gasteiger partial charge in [-0.1, -0.05) is 37.8 Å². The molecule has 1 aliphatic rings. The molecule has 0 radical (unpaired) electrons.